The van der Waals surface area contributed by atoms with Gasteiger partial charge in [0.25, 0.3) is 0 Å². The molecule has 1 fully saturated rings. The van der Waals surface area contributed by atoms with Gasteiger partial charge in [0.2, 0.25) is 0 Å². The molecule has 0 amide bonds. The van der Waals surface area contributed by atoms with Crippen molar-refractivity contribution in [2.24, 2.45) is 11.1 Å². The van der Waals surface area contributed by atoms with Gasteiger partial charge < -0.3 is 10.2 Å². The van der Waals surface area contributed by atoms with Crippen molar-refractivity contribution >= 4 is 11.5 Å². The average molecular weight is 190 g/mol. The highest BCUT2D eigenvalue weighted by Crippen LogP contribution is 2.31. The summed E-state index contributed by atoms with van der Waals surface area (Å²) in [4.78, 5) is 4.80. The molecule has 0 atom stereocenters. The second-order valence-corrected chi connectivity index (χ2v) is 3.42. The first-order chi connectivity index (χ1) is 6.90. The van der Waals surface area contributed by atoms with Crippen LogP contribution in [0, 0.1) is 5.92 Å². The summed E-state index contributed by atoms with van der Waals surface area (Å²) in [5.41, 5.74) is 1.07. The van der Waals surface area contributed by atoms with Crippen molar-refractivity contribution in [3.05, 3.63) is 30.3 Å². The van der Waals surface area contributed by atoms with Crippen LogP contribution in [0.4, 0.5) is 5.69 Å². The quantitative estimate of drug-likeness (QED) is 0.451. The van der Waals surface area contributed by atoms with Crippen LogP contribution in [0.1, 0.15) is 12.8 Å². The van der Waals surface area contributed by atoms with Crippen molar-refractivity contribution < 1.29 is 4.84 Å². The molecule has 0 bridgehead atoms. The van der Waals surface area contributed by atoms with Crippen molar-refractivity contribution in [3.8, 4) is 0 Å². The predicted molar refractivity (Wildman–Crippen MR) is 57.2 cm³/mol. The fourth-order valence-electron chi connectivity index (χ4n) is 1.32. The van der Waals surface area contributed by atoms with Gasteiger partial charge in [-0.25, -0.2) is 0 Å². The third-order valence-electron chi connectivity index (χ3n) is 2.20. The molecule has 0 unspecified atom stereocenters. The molecule has 0 radical (unpaired) electrons. The van der Waals surface area contributed by atoms with Crippen LogP contribution in [-0.2, 0) is 4.84 Å². The molecular formula is C11H14N2O. The van der Waals surface area contributed by atoms with E-state index in [4.69, 9.17) is 4.84 Å². The third kappa shape index (κ3) is 2.25. The highest BCUT2D eigenvalue weighted by atomic mass is 16.6. The van der Waals surface area contributed by atoms with E-state index in [0.717, 1.165) is 11.5 Å². The number of oxime groups is 1. The molecule has 1 aliphatic rings. The zero-order chi connectivity index (χ0) is 9.80. The van der Waals surface area contributed by atoms with Gasteiger partial charge in [0, 0.05) is 11.6 Å². The van der Waals surface area contributed by atoms with Gasteiger partial charge in [-0.2, -0.15) is 0 Å². The molecule has 1 aromatic rings. The van der Waals surface area contributed by atoms with Crippen molar-refractivity contribution in [1.29, 1.82) is 0 Å². The first kappa shape index (κ1) is 9.06. The van der Waals surface area contributed by atoms with Gasteiger partial charge in [0.1, 0.15) is 12.9 Å². The van der Waals surface area contributed by atoms with Crippen LogP contribution in [0.25, 0.3) is 0 Å². The summed E-state index contributed by atoms with van der Waals surface area (Å²) in [7, 11) is 1.58. The molecule has 0 spiro atoms. The van der Waals surface area contributed by atoms with Crippen LogP contribution in [0.5, 0.6) is 0 Å². The number of hydrogen-bond donors (Lipinski definition) is 1. The molecule has 0 aliphatic heterocycles. The van der Waals surface area contributed by atoms with Crippen LogP contribution in [0.15, 0.2) is 35.5 Å². The van der Waals surface area contributed by atoms with Crippen molar-refractivity contribution in [3.63, 3.8) is 0 Å². The maximum Gasteiger partial charge on any atom is 0.149 e. The minimum absolute atomic E-state index is 0.565. The Morgan fingerprint density at radius 2 is 2.07 bits per heavy atom. The molecule has 14 heavy (non-hydrogen) atoms. The molecular weight excluding hydrogens is 176 g/mol. The lowest BCUT2D eigenvalue weighted by Crippen LogP contribution is -2.14. The number of nitrogens with zero attached hydrogens (tertiary/aromatic N) is 1. The van der Waals surface area contributed by atoms with Crippen LogP contribution in [0.3, 0.4) is 0 Å². The minimum Gasteiger partial charge on any atom is -0.398 e. The summed E-state index contributed by atoms with van der Waals surface area (Å²) >= 11 is 0. The molecule has 0 saturated heterocycles. The average Bonchev–Trinajstić information content (AvgIpc) is 3.02. The normalized spacial score (nSPS) is 16.5. The highest BCUT2D eigenvalue weighted by Gasteiger charge is 2.28. The molecule has 3 heteroatoms. The Balaban J connectivity index is 2.04. The molecule has 1 N–H and O–H groups in total. The SMILES string of the molecule is CON=C(Nc1ccccc1)C1CC1. The Morgan fingerprint density at radius 1 is 1.36 bits per heavy atom. The second kappa shape index (κ2) is 4.13. The molecule has 74 valence electrons. The zero-order valence-electron chi connectivity index (χ0n) is 8.23. The van der Waals surface area contributed by atoms with Gasteiger partial charge >= 0.3 is 0 Å². The second-order valence-electron chi connectivity index (χ2n) is 3.42. The maximum atomic E-state index is 4.80. The van der Waals surface area contributed by atoms with Gasteiger partial charge in [-0.15, -0.1) is 0 Å². The number of nitrogens with one attached hydrogen (secondary N) is 1. The van der Waals surface area contributed by atoms with E-state index >= 15 is 0 Å². The predicted octanol–water partition coefficient (Wildman–Crippen LogP) is 2.47. The van der Waals surface area contributed by atoms with E-state index in [2.05, 4.69) is 10.5 Å². The lowest BCUT2D eigenvalue weighted by molar-refractivity contribution is 0.212. The summed E-state index contributed by atoms with van der Waals surface area (Å²) in [6.07, 6.45) is 2.42. The minimum atomic E-state index is 0.565. The number of para-hydroxylation sites is 1. The molecule has 0 heterocycles. The third-order valence-corrected chi connectivity index (χ3v) is 2.20. The van der Waals surface area contributed by atoms with Gasteiger partial charge in [-0.1, -0.05) is 23.4 Å². The van der Waals surface area contributed by atoms with Crippen LogP contribution < -0.4 is 5.32 Å². The first-order valence-corrected chi connectivity index (χ1v) is 4.83. The molecule has 0 aromatic heterocycles. The van der Waals surface area contributed by atoms with Crippen LogP contribution >= 0.6 is 0 Å². The molecule has 3 nitrogen and oxygen atoms in total. The molecule has 1 aromatic carbocycles. The number of benzene rings is 1. The summed E-state index contributed by atoms with van der Waals surface area (Å²) in [6.45, 7) is 0. The summed E-state index contributed by atoms with van der Waals surface area (Å²) in [5, 5.41) is 7.25. The van der Waals surface area contributed by atoms with E-state index in [1.54, 1.807) is 7.11 Å². The van der Waals surface area contributed by atoms with E-state index in [1.165, 1.54) is 12.8 Å². The van der Waals surface area contributed by atoms with E-state index in [9.17, 15) is 0 Å². The number of rotatable bonds is 3. The van der Waals surface area contributed by atoms with Gasteiger partial charge in [0.05, 0.1) is 0 Å². The van der Waals surface area contributed by atoms with Crippen molar-refractivity contribution in [2.45, 2.75) is 12.8 Å². The largest absolute Gasteiger partial charge is 0.398 e. The standard InChI is InChI=1S/C11H14N2O/c1-14-13-11(9-7-8-9)12-10-5-3-2-4-6-10/h2-6,9H,7-8H2,1H3,(H,12,13). The summed E-state index contributed by atoms with van der Waals surface area (Å²) in [5.74, 6) is 1.51. The van der Waals surface area contributed by atoms with E-state index in [0.29, 0.717) is 5.92 Å². The fourth-order valence-corrected chi connectivity index (χ4v) is 1.32. The number of anilines is 1. The van der Waals surface area contributed by atoms with E-state index in [-0.39, 0.29) is 0 Å². The highest BCUT2D eigenvalue weighted by molar-refractivity contribution is 5.98. The Hall–Kier alpha value is -1.51. The summed E-state index contributed by atoms with van der Waals surface area (Å²) < 4.78 is 0. The smallest absolute Gasteiger partial charge is 0.149 e. The Labute approximate surface area is 83.8 Å². The zero-order valence-corrected chi connectivity index (χ0v) is 8.23. The van der Waals surface area contributed by atoms with E-state index < -0.39 is 0 Å². The lowest BCUT2D eigenvalue weighted by Gasteiger charge is -2.07. The Kier molecular flexibility index (Phi) is 2.68. The van der Waals surface area contributed by atoms with Gasteiger partial charge in [-0.3, -0.25) is 0 Å². The van der Waals surface area contributed by atoms with Gasteiger partial charge in [-0.05, 0) is 25.0 Å². The Morgan fingerprint density at radius 3 is 2.64 bits per heavy atom. The topological polar surface area (TPSA) is 33.6 Å². The Bertz CT molecular complexity index is 317. The van der Waals surface area contributed by atoms with Crippen molar-refractivity contribution in [1.82, 2.24) is 0 Å². The molecule has 2 rings (SSSR count). The number of amidine groups is 1. The summed E-state index contributed by atoms with van der Waals surface area (Å²) in [6, 6.07) is 10.0. The maximum absolute atomic E-state index is 4.80. The van der Waals surface area contributed by atoms with Crippen LogP contribution in [0.2, 0.25) is 0 Å². The van der Waals surface area contributed by atoms with Crippen LogP contribution in [-0.4, -0.2) is 12.9 Å². The van der Waals surface area contributed by atoms with E-state index in [1.807, 2.05) is 30.3 Å². The number of hydrogen-bond acceptors (Lipinski definition) is 2. The fraction of sp³-hybridized carbons (Fsp3) is 0.364. The monoisotopic (exact) mass is 190 g/mol. The van der Waals surface area contributed by atoms with Gasteiger partial charge in [0.15, 0.2) is 0 Å². The first-order valence-electron chi connectivity index (χ1n) is 4.83. The lowest BCUT2D eigenvalue weighted by atomic mass is 10.3. The van der Waals surface area contributed by atoms with Crippen molar-refractivity contribution in [2.75, 3.05) is 12.4 Å². The molecule has 1 aliphatic carbocycles. The molecule has 1 saturated carbocycles.